The largest absolute Gasteiger partial charge is 0.458 e. The van der Waals surface area contributed by atoms with Gasteiger partial charge in [0.2, 0.25) is 0 Å². The van der Waals surface area contributed by atoms with Gasteiger partial charge in [-0.1, -0.05) is 164 Å². The highest BCUT2D eigenvalue weighted by atomic mass is 28.3. The summed E-state index contributed by atoms with van der Waals surface area (Å²) in [6.07, 6.45) is 0. The van der Waals surface area contributed by atoms with Gasteiger partial charge in [-0.2, -0.15) is 0 Å². The Morgan fingerprint density at radius 1 is 0.327 bits per heavy atom. The van der Waals surface area contributed by atoms with Crippen LogP contribution in [0.3, 0.4) is 0 Å². The summed E-state index contributed by atoms with van der Waals surface area (Å²) in [5, 5.41) is 13.8. The second-order valence-electron chi connectivity index (χ2n) is 14.0. The van der Waals surface area contributed by atoms with Crippen molar-refractivity contribution in [3.63, 3.8) is 0 Å². The Bertz CT molecular complexity index is 2700. The molecule has 0 bridgehead atoms. The normalized spacial score (nSPS) is 14.6. The van der Waals surface area contributed by atoms with Crippen LogP contribution in [0.15, 0.2) is 200 Å². The topological polar surface area (TPSA) is 14.2 Å². The molecule has 1 spiro atoms. The van der Waals surface area contributed by atoms with Gasteiger partial charge >= 0.3 is 0 Å². The summed E-state index contributed by atoms with van der Waals surface area (Å²) < 4.78 is 9.30. The van der Waals surface area contributed by atoms with E-state index in [4.69, 9.17) is 4.74 Å². The predicted molar refractivity (Wildman–Crippen MR) is 222 cm³/mol. The molecule has 0 aliphatic carbocycles. The third kappa shape index (κ3) is 3.77. The first kappa shape index (κ1) is 29.5. The Kier molecular flexibility index (Phi) is 6.33. The molecule has 4 heteroatoms. The Morgan fingerprint density at radius 2 is 0.750 bits per heavy atom. The van der Waals surface area contributed by atoms with Gasteiger partial charge in [-0.25, -0.2) is 0 Å². The van der Waals surface area contributed by atoms with Crippen LogP contribution in [-0.4, -0.2) is 20.7 Å². The van der Waals surface area contributed by atoms with E-state index in [9.17, 15) is 0 Å². The van der Waals surface area contributed by atoms with E-state index in [1.807, 2.05) is 0 Å². The number of aromatic nitrogens is 1. The summed E-state index contributed by atoms with van der Waals surface area (Å²) >= 11 is 0. The van der Waals surface area contributed by atoms with Gasteiger partial charge in [-0.15, -0.1) is 0 Å². The van der Waals surface area contributed by atoms with Gasteiger partial charge in [-0.3, -0.25) is 0 Å². The lowest BCUT2D eigenvalue weighted by Crippen LogP contribution is -2.93. The Morgan fingerprint density at radius 3 is 1.31 bits per heavy atom. The highest BCUT2D eigenvalue weighted by Gasteiger charge is 2.59. The smallest absolute Gasteiger partial charge is 0.188 e. The predicted octanol–water partition coefficient (Wildman–Crippen LogP) is 5.96. The van der Waals surface area contributed by atoms with E-state index in [1.54, 1.807) is 0 Å². The molecule has 0 radical (unpaired) electrons. The van der Waals surface area contributed by atoms with E-state index in [2.05, 4.69) is 205 Å². The van der Waals surface area contributed by atoms with Crippen LogP contribution in [0.2, 0.25) is 0 Å². The number of ether oxygens (including phenoxy) is 1. The monoisotopic (exact) mass is 695 g/mol. The number of benzene rings is 8. The number of rotatable bonds is 3. The fraction of sp³-hybridized carbons (Fsp3) is 0. The quantitative estimate of drug-likeness (QED) is 0.208. The van der Waals surface area contributed by atoms with E-state index >= 15 is 0 Å². The second-order valence-corrected chi connectivity index (χ2v) is 21.4. The second kappa shape index (κ2) is 11.1. The van der Waals surface area contributed by atoms with E-state index in [0.717, 1.165) is 11.5 Å². The summed E-state index contributed by atoms with van der Waals surface area (Å²) in [7, 11) is -5.85. The number of hydrogen-bond acceptors (Lipinski definition) is 1. The molecule has 0 unspecified atom stereocenters. The molecule has 2 aliphatic rings. The van der Waals surface area contributed by atoms with Crippen molar-refractivity contribution in [2.24, 2.45) is 0 Å². The molecule has 0 fully saturated rings. The van der Waals surface area contributed by atoms with Crippen molar-refractivity contribution in [1.29, 1.82) is 0 Å². The standard InChI is InChI=1S/C48H33NOSi2/c1-3-17-35(18-4-1)51(36-19-5-2-6-20-36)45-29-15-16-30-46(45)52(43-27-13-11-25-41(43)50-42-26-12-14-28-44(42)52)48-33-34(31-32-47(48)51)49-39-23-9-7-21-37(39)38-22-8-10-24-40(38)49/h1-33H. The van der Waals surface area contributed by atoms with Gasteiger partial charge in [-0.05, 0) is 77.9 Å². The van der Waals surface area contributed by atoms with Gasteiger partial charge in [0.15, 0.2) is 16.1 Å². The van der Waals surface area contributed by atoms with Crippen molar-refractivity contribution in [3.8, 4) is 17.2 Å². The summed E-state index contributed by atoms with van der Waals surface area (Å²) in [5.74, 6) is 1.92. The molecular formula is C48H33NOSi2. The number of para-hydroxylation sites is 4. The van der Waals surface area contributed by atoms with Crippen molar-refractivity contribution < 1.29 is 4.74 Å². The van der Waals surface area contributed by atoms with Gasteiger partial charge in [0.05, 0.1) is 11.0 Å². The van der Waals surface area contributed by atoms with Gasteiger partial charge in [0.1, 0.15) is 11.5 Å². The van der Waals surface area contributed by atoms with Crippen molar-refractivity contribution in [1.82, 2.24) is 4.57 Å². The maximum atomic E-state index is 6.81. The average molecular weight is 696 g/mol. The molecule has 0 amide bonds. The number of fused-ring (bicyclic) bond motifs is 11. The molecule has 2 aliphatic heterocycles. The number of hydrogen-bond donors (Lipinski definition) is 0. The Balaban J connectivity index is 1.37. The molecule has 9 aromatic rings. The third-order valence-corrected chi connectivity index (χ3v) is 21.9. The van der Waals surface area contributed by atoms with Gasteiger partial charge in [0.25, 0.3) is 0 Å². The molecule has 11 rings (SSSR count). The van der Waals surface area contributed by atoms with Crippen molar-refractivity contribution in [2.75, 3.05) is 0 Å². The minimum Gasteiger partial charge on any atom is -0.458 e. The van der Waals surface area contributed by atoms with Crippen LogP contribution in [0.4, 0.5) is 0 Å². The van der Waals surface area contributed by atoms with E-state index in [1.165, 1.54) is 69.0 Å². The molecule has 2 nitrogen and oxygen atoms in total. The van der Waals surface area contributed by atoms with Crippen LogP contribution in [0.5, 0.6) is 11.5 Å². The first-order valence-electron chi connectivity index (χ1n) is 18.0. The average Bonchev–Trinajstić information content (AvgIpc) is 3.56. The maximum Gasteiger partial charge on any atom is 0.188 e. The van der Waals surface area contributed by atoms with Gasteiger partial charge < -0.3 is 9.30 Å². The molecular weight excluding hydrogens is 663 g/mol. The minimum atomic E-state index is -2.99. The Hall–Kier alpha value is -6.21. The Labute approximate surface area is 304 Å². The molecule has 0 N–H and O–H groups in total. The zero-order chi connectivity index (χ0) is 34.3. The van der Waals surface area contributed by atoms with Crippen LogP contribution in [-0.2, 0) is 0 Å². The summed E-state index contributed by atoms with van der Waals surface area (Å²) in [6, 6.07) is 75.1. The molecule has 0 saturated heterocycles. The lowest BCUT2D eigenvalue weighted by molar-refractivity contribution is 0.487. The number of nitrogens with zero attached hydrogens (tertiary/aromatic N) is 1. The summed E-state index contributed by atoms with van der Waals surface area (Å²) in [4.78, 5) is 0. The molecule has 52 heavy (non-hydrogen) atoms. The van der Waals surface area contributed by atoms with E-state index in [-0.39, 0.29) is 0 Å². The molecule has 0 atom stereocenters. The fourth-order valence-corrected chi connectivity index (χ4v) is 21.9. The summed E-state index contributed by atoms with van der Waals surface area (Å²) in [5.41, 5.74) is 3.63. The fourth-order valence-electron chi connectivity index (χ4n) is 9.68. The lowest BCUT2D eigenvalue weighted by atomic mass is 10.2. The van der Waals surface area contributed by atoms with E-state index < -0.39 is 16.1 Å². The molecule has 0 saturated carbocycles. The highest BCUT2D eigenvalue weighted by molar-refractivity contribution is 7.33. The highest BCUT2D eigenvalue weighted by Crippen LogP contribution is 2.34. The summed E-state index contributed by atoms with van der Waals surface area (Å²) in [6.45, 7) is 0. The molecule has 3 heterocycles. The van der Waals surface area contributed by atoms with Crippen LogP contribution in [0, 0.1) is 0 Å². The molecule has 8 aromatic carbocycles. The molecule has 244 valence electrons. The van der Waals surface area contributed by atoms with Crippen molar-refractivity contribution >= 4 is 79.4 Å². The van der Waals surface area contributed by atoms with Crippen LogP contribution >= 0.6 is 0 Å². The van der Waals surface area contributed by atoms with Crippen molar-refractivity contribution in [3.05, 3.63) is 200 Å². The van der Waals surface area contributed by atoms with Crippen LogP contribution < -0.4 is 46.2 Å². The minimum absolute atomic E-state index is 0.962. The molecule has 1 aromatic heterocycles. The third-order valence-electron chi connectivity index (χ3n) is 11.6. The van der Waals surface area contributed by atoms with Crippen molar-refractivity contribution in [2.45, 2.75) is 0 Å². The first-order chi connectivity index (χ1) is 25.8. The van der Waals surface area contributed by atoms with Crippen LogP contribution in [0.1, 0.15) is 0 Å². The maximum absolute atomic E-state index is 6.81. The first-order valence-corrected chi connectivity index (χ1v) is 22.0. The SMILES string of the molecule is c1ccc([Si]2(c3ccccc3)c3ccccc3[Si]3(c4ccccc4Oc4ccccc43)c3cc(-n4c5ccccc5c5ccccc54)ccc32)cc1. The zero-order valence-corrected chi connectivity index (χ0v) is 30.4. The van der Waals surface area contributed by atoms with Gasteiger partial charge in [0, 0.05) is 16.5 Å². The van der Waals surface area contributed by atoms with E-state index in [0.29, 0.717) is 0 Å². The van der Waals surface area contributed by atoms with Crippen LogP contribution in [0.25, 0.3) is 27.5 Å². The zero-order valence-electron chi connectivity index (χ0n) is 28.4. The lowest BCUT2D eigenvalue weighted by Gasteiger charge is -2.50.